The minimum Gasteiger partial charge on any atom is -0.398 e. The van der Waals surface area contributed by atoms with Gasteiger partial charge in [-0.25, -0.2) is 0 Å². The lowest BCUT2D eigenvalue weighted by atomic mass is 9.83. The summed E-state index contributed by atoms with van der Waals surface area (Å²) in [6.45, 7) is 12.8. The average Bonchev–Trinajstić information content (AvgIpc) is 2.66. The van der Waals surface area contributed by atoms with Crippen LogP contribution < -0.4 is 5.59 Å². The van der Waals surface area contributed by atoms with Crippen LogP contribution >= 0.6 is 0 Å². The normalized spacial score (nSPS) is 22.1. The fourth-order valence-electron chi connectivity index (χ4n) is 1.76. The van der Waals surface area contributed by atoms with Gasteiger partial charge in [0.05, 0.1) is 23.4 Å². The third-order valence-electron chi connectivity index (χ3n) is 3.62. The second-order valence-corrected chi connectivity index (χ2v) is 5.45. The van der Waals surface area contributed by atoms with Gasteiger partial charge < -0.3 is 9.31 Å². The van der Waals surface area contributed by atoms with Gasteiger partial charge in [-0.05, 0) is 41.5 Å². The largest absolute Gasteiger partial charge is 0.518 e. The van der Waals surface area contributed by atoms with Gasteiger partial charge in [0.15, 0.2) is 0 Å². The molecule has 0 amide bonds. The van der Waals surface area contributed by atoms with Crippen LogP contribution in [0.4, 0.5) is 0 Å². The van der Waals surface area contributed by atoms with Crippen LogP contribution in [0, 0.1) is 6.92 Å². The van der Waals surface area contributed by atoms with Crippen LogP contribution in [0.1, 0.15) is 40.3 Å². The van der Waals surface area contributed by atoms with E-state index in [4.69, 9.17) is 9.31 Å². The summed E-state index contributed by atoms with van der Waals surface area (Å²) in [5, 5.41) is 8.71. The van der Waals surface area contributed by atoms with Crippen molar-refractivity contribution in [2.45, 2.75) is 59.3 Å². The molecule has 1 aliphatic rings. The van der Waals surface area contributed by atoms with Crippen molar-refractivity contribution in [2.75, 3.05) is 0 Å². The number of hydrogen-bond acceptors (Lipinski definition) is 4. The zero-order valence-electron chi connectivity index (χ0n) is 11.4. The number of aromatic nitrogens is 3. The van der Waals surface area contributed by atoms with E-state index in [-0.39, 0.29) is 11.2 Å². The summed E-state index contributed by atoms with van der Waals surface area (Å²) in [4.78, 5) is 1.66. The maximum absolute atomic E-state index is 5.95. The third kappa shape index (κ3) is 2.00. The number of aryl methyl sites for hydroxylation is 2. The molecule has 17 heavy (non-hydrogen) atoms. The Morgan fingerprint density at radius 3 is 2.06 bits per heavy atom. The molecule has 2 heterocycles. The molecule has 94 valence electrons. The summed E-state index contributed by atoms with van der Waals surface area (Å²) in [5.41, 5.74) is 0.982. The quantitative estimate of drug-likeness (QED) is 0.717. The molecule has 0 saturated carbocycles. The van der Waals surface area contributed by atoms with Gasteiger partial charge in [-0.1, -0.05) is 0 Å². The summed E-state index contributed by atoms with van der Waals surface area (Å²) in [5.74, 6) is 0. The van der Waals surface area contributed by atoms with E-state index >= 15 is 0 Å². The van der Waals surface area contributed by atoms with Crippen LogP contribution in [0.25, 0.3) is 0 Å². The summed E-state index contributed by atoms with van der Waals surface area (Å²) in [6, 6.07) is 0. The van der Waals surface area contributed by atoms with Gasteiger partial charge >= 0.3 is 7.12 Å². The lowest BCUT2D eigenvalue weighted by Crippen LogP contribution is -2.41. The molecule has 1 fully saturated rings. The Balaban J connectivity index is 2.28. The minimum atomic E-state index is -0.416. The number of nitrogens with zero attached hydrogens (tertiary/aromatic N) is 3. The molecule has 0 atom stereocenters. The molecule has 5 nitrogen and oxygen atoms in total. The Labute approximate surface area is 103 Å². The van der Waals surface area contributed by atoms with E-state index in [1.807, 2.05) is 41.5 Å². The standard InChI is InChI=1S/C11H20BN3O2/c1-7-15-13-8(2)9(14-15)12-16-10(3,4)11(5,6)17-12/h7H2,1-6H3. The summed E-state index contributed by atoms with van der Waals surface area (Å²) in [6.07, 6.45) is 0. The Kier molecular flexibility index (Phi) is 2.82. The van der Waals surface area contributed by atoms with Gasteiger partial charge in [-0.15, -0.1) is 0 Å². The number of hydrogen-bond donors (Lipinski definition) is 0. The van der Waals surface area contributed by atoms with Crippen LogP contribution in [0.2, 0.25) is 0 Å². The fourth-order valence-corrected chi connectivity index (χ4v) is 1.76. The maximum atomic E-state index is 5.95. The average molecular weight is 237 g/mol. The Bertz CT molecular complexity index is 412. The third-order valence-corrected chi connectivity index (χ3v) is 3.62. The van der Waals surface area contributed by atoms with Crippen molar-refractivity contribution in [3.8, 4) is 0 Å². The predicted molar refractivity (Wildman–Crippen MR) is 66.1 cm³/mol. The molecular formula is C11H20BN3O2. The van der Waals surface area contributed by atoms with Gasteiger partial charge in [-0.2, -0.15) is 15.0 Å². The summed E-state index contributed by atoms with van der Waals surface area (Å²) < 4.78 is 11.9. The van der Waals surface area contributed by atoms with E-state index < -0.39 is 7.12 Å². The maximum Gasteiger partial charge on any atom is 0.518 e. The van der Waals surface area contributed by atoms with Crippen molar-refractivity contribution >= 4 is 12.7 Å². The first kappa shape index (κ1) is 12.6. The molecule has 6 heteroatoms. The zero-order valence-corrected chi connectivity index (χ0v) is 11.4. The van der Waals surface area contributed by atoms with E-state index in [0.717, 1.165) is 17.8 Å². The highest BCUT2D eigenvalue weighted by Gasteiger charge is 2.53. The molecule has 1 aliphatic heterocycles. The van der Waals surface area contributed by atoms with E-state index in [2.05, 4.69) is 10.2 Å². The second kappa shape index (κ2) is 3.81. The lowest BCUT2D eigenvalue weighted by molar-refractivity contribution is 0.00578. The SMILES string of the molecule is CCn1nc(C)c(B2OC(C)(C)C(C)(C)O2)n1. The van der Waals surface area contributed by atoms with Crippen LogP contribution in [-0.2, 0) is 15.9 Å². The van der Waals surface area contributed by atoms with Crippen molar-refractivity contribution in [1.82, 2.24) is 15.0 Å². The van der Waals surface area contributed by atoms with Gasteiger partial charge in [-0.3, -0.25) is 0 Å². The molecule has 0 N–H and O–H groups in total. The first-order valence-corrected chi connectivity index (χ1v) is 6.04. The van der Waals surface area contributed by atoms with Crippen molar-refractivity contribution < 1.29 is 9.31 Å². The molecule has 1 aromatic rings. The van der Waals surface area contributed by atoms with Gasteiger partial charge in [0.25, 0.3) is 0 Å². The molecular weight excluding hydrogens is 217 g/mol. The molecule has 0 aliphatic carbocycles. The fraction of sp³-hybridized carbons (Fsp3) is 0.818. The molecule has 1 aromatic heterocycles. The first-order chi connectivity index (χ1) is 7.77. The smallest absolute Gasteiger partial charge is 0.398 e. The zero-order chi connectivity index (χ0) is 12.8. The second-order valence-electron chi connectivity index (χ2n) is 5.45. The molecule has 1 saturated heterocycles. The first-order valence-electron chi connectivity index (χ1n) is 6.04. The molecule has 0 unspecified atom stereocenters. The van der Waals surface area contributed by atoms with E-state index in [9.17, 15) is 0 Å². The highest BCUT2D eigenvalue weighted by Crippen LogP contribution is 2.36. The van der Waals surface area contributed by atoms with Crippen LogP contribution in [0.15, 0.2) is 0 Å². The lowest BCUT2D eigenvalue weighted by Gasteiger charge is -2.32. The topological polar surface area (TPSA) is 49.2 Å². The van der Waals surface area contributed by atoms with E-state index in [1.165, 1.54) is 0 Å². The van der Waals surface area contributed by atoms with E-state index in [1.54, 1.807) is 4.80 Å². The number of rotatable bonds is 2. The molecule has 0 aromatic carbocycles. The van der Waals surface area contributed by atoms with Crippen LogP contribution in [-0.4, -0.2) is 33.3 Å². The molecule has 0 bridgehead atoms. The summed E-state index contributed by atoms with van der Waals surface area (Å²) >= 11 is 0. The highest BCUT2D eigenvalue weighted by molar-refractivity contribution is 6.61. The Morgan fingerprint density at radius 2 is 1.65 bits per heavy atom. The van der Waals surface area contributed by atoms with Gasteiger partial charge in [0.2, 0.25) is 0 Å². The Hall–Kier alpha value is -0.875. The monoisotopic (exact) mass is 237 g/mol. The highest BCUT2D eigenvalue weighted by atomic mass is 16.7. The van der Waals surface area contributed by atoms with Crippen molar-refractivity contribution in [3.63, 3.8) is 0 Å². The Morgan fingerprint density at radius 1 is 1.12 bits per heavy atom. The van der Waals surface area contributed by atoms with Crippen molar-refractivity contribution in [2.24, 2.45) is 0 Å². The molecule has 0 spiro atoms. The van der Waals surface area contributed by atoms with Crippen LogP contribution in [0.3, 0.4) is 0 Å². The van der Waals surface area contributed by atoms with Crippen molar-refractivity contribution in [1.29, 1.82) is 0 Å². The van der Waals surface area contributed by atoms with Crippen LogP contribution in [0.5, 0.6) is 0 Å². The van der Waals surface area contributed by atoms with E-state index in [0.29, 0.717) is 0 Å². The summed E-state index contributed by atoms with van der Waals surface area (Å²) in [7, 11) is -0.416. The van der Waals surface area contributed by atoms with Crippen molar-refractivity contribution in [3.05, 3.63) is 5.69 Å². The molecule has 0 radical (unpaired) electrons. The van der Waals surface area contributed by atoms with Gasteiger partial charge in [0, 0.05) is 0 Å². The minimum absolute atomic E-state index is 0.333. The predicted octanol–water partition coefficient (Wildman–Crippen LogP) is 0.906. The molecule has 2 rings (SSSR count). The van der Waals surface area contributed by atoms with Gasteiger partial charge in [0.1, 0.15) is 5.59 Å².